The number of nitrogens with zero attached hydrogens (tertiary/aromatic N) is 1. The van der Waals surface area contributed by atoms with E-state index >= 15 is 0 Å². The normalized spacial score (nSPS) is 11.3. The number of hydrazone groups is 1. The molecule has 2 N–H and O–H groups in total. The summed E-state index contributed by atoms with van der Waals surface area (Å²) in [5.74, 6) is -0.00814. The van der Waals surface area contributed by atoms with Gasteiger partial charge < -0.3 is 10.1 Å². The van der Waals surface area contributed by atoms with Crippen molar-refractivity contribution in [3.05, 3.63) is 65.2 Å². The molecule has 0 aliphatic carbocycles. The molecule has 0 saturated heterocycles. The number of hydrogen-bond acceptors (Lipinski definition) is 4. The third-order valence-electron chi connectivity index (χ3n) is 3.92. The fourth-order valence-corrected chi connectivity index (χ4v) is 2.32. The molecule has 0 spiro atoms. The highest BCUT2D eigenvalue weighted by molar-refractivity contribution is 5.96. The van der Waals surface area contributed by atoms with Crippen molar-refractivity contribution in [1.82, 2.24) is 10.7 Å². The Morgan fingerprint density at radius 1 is 1.11 bits per heavy atom. The van der Waals surface area contributed by atoms with Crippen LogP contribution < -0.4 is 15.5 Å². The van der Waals surface area contributed by atoms with Gasteiger partial charge in [0.15, 0.2) is 0 Å². The van der Waals surface area contributed by atoms with Gasteiger partial charge in [0.2, 0.25) is 0 Å². The molecular formula is C21H25N3O3. The van der Waals surface area contributed by atoms with Crippen molar-refractivity contribution in [2.75, 3.05) is 13.7 Å². The van der Waals surface area contributed by atoms with Crippen molar-refractivity contribution in [2.24, 2.45) is 5.10 Å². The van der Waals surface area contributed by atoms with E-state index in [1.807, 2.05) is 30.3 Å². The van der Waals surface area contributed by atoms with Crippen molar-refractivity contribution in [3.8, 4) is 5.75 Å². The Labute approximate surface area is 159 Å². The summed E-state index contributed by atoms with van der Waals surface area (Å²) in [4.78, 5) is 23.9. The Morgan fingerprint density at radius 2 is 1.81 bits per heavy atom. The molecule has 0 aromatic heterocycles. The standard InChI is InChI=1S/C21H25N3O3/c1-21(2,3)17-10-8-16(9-11-17)20(26)22-14-19(25)24-23-13-15-6-5-7-18(12-15)27-4/h5-13H,14H2,1-4H3,(H,22,26)(H,24,25)/b23-13+. The van der Waals surface area contributed by atoms with Crippen LogP contribution in [0.25, 0.3) is 0 Å². The Morgan fingerprint density at radius 3 is 2.44 bits per heavy atom. The topological polar surface area (TPSA) is 79.8 Å². The van der Waals surface area contributed by atoms with Crippen molar-refractivity contribution in [1.29, 1.82) is 0 Å². The van der Waals surface area contributed by atoms with Crippen molar-refractivity contribution < 1.29 is 14.3 Å². The number of ether oxygens (including phenoxy) is 1. The lowest BCUT2D eigenvalue weighted by molar-refractivity contribution is -0.120. The van der Waals surface area contributed by atoms with Crippen LogP contribution in [0.2, 0.25) is 0 Å². The molecule has 0 aliphatic heterocycles. The van der Waals surface area contributed by atoms with Gasteiger partial charge in [-0.05, 0) is 40.8 Å². The first-order valence-electron chi connectivity index (χ1n) is 8.64. The molecule has 0 aliphatic rings. The smallest absolute Gasteiger partial charge is 0.259 e. The van der Waals surface area contributed by atoms with E-state index < -0.39 is 5.91 Å². The number of benzene rings is 2. The first-order chi connectivity index (χ1) is 12.8. The highest BCUT2D eigenvalue weighted by Gasteiger charge is 2.14. The molecule has 0 saturated carbocycles. The molecule has 6 nitrogen and oxygen atoms in total. The molecule has 2 aromatic carbocycles. The summed E-state index contributed by atoms with van der Waals surface area (Å²) in [6, 6.07) is 14.6. The van der Waals surface area contributed by atoms with Crippen LogP contribution in [0.15, 0.2) is 53.6 Å². The van der Waals surface area contributed by atoms with E-state index in [1.165, 1.54) is 6.21 Å². The quantitative estimate of drug-likeness (QED) is 0.609. The number of hydrogen-bond donors (Lipinski definition) is 2. The van der Waals surface area contributed by atoms with Gasteiger partial charge in [-0.1, -0.05) is 45.0 Å². The highest BCUT2D eigenvalue weighted by Crippen LogP contribution is 2.22. The Bertz CT molecular complexity index is 821. The lowest BCUT2D eigenvalue weighted by atomic mass is 9.87. The summed E-state index contributed by atoms with van der Waals surface area (Å²) in [5.41, 5.74) is 4.84. The summed E-state index contributed by atoms with van der Waals surface area (Å²) in [6.45, 7) is 6.17. The summed E-state index contributed by atoms with van der Waals surface area (Å²) >= 11 is 0. The molecule has 0 radical (unpaired) electrons. The molecule has 0 atom stereocenters. The SMILES string of the molecule is COc1cccc(/C=N/NC(=O)CNC(=O)c2ccc(C(C)(C)C)cc2)c1. The summed E-state index contributed by atoms with van der Waals surface area (Å²) < 4.78 is 5.12. The minimum atomic E-state index is -0.409. The van der Waals surface area contributed by atoms with Crippen LogP contribution in [0.3, 0.4) is 0 Å². The third-order valence-corrected chi connectivity index (χ3v) is 3.92. The molecule has 6 heteroatoms. The fourth-order valence-electron chi connectivity index (χ4n) is 2.32. The van der Waals surface area contributed by atoms with Gasteiger partial charge in [-0.15, -0.1) is 0 Å². The zero-order valence-corrected chi connectivity index (χ0v) is 16.1. The zero-order valence-electron chi connectivity index (χ0n) is 16.1. The number of carbonyl (C=O) groups excluding carboxylic acids is 2. The molecule has 2 rings (SSSR count). The molecule has 0 fully saturated rings. The number of methoxy groups -OCH3 is 1. The highest BCUT2D eigenvalue weighted by atomic mass is 16.5. The van der Waals surface area contributed by atoms with E-state index in [4.69, 9.17) is 4.74 Å². The van der Waals surface area contributed by atoms with Gasteiger partial charge in [-0.3, -0.25) is 9.59 Å². The minimum absolute atomic E-state index is 0.0235. The van der Waals surface area contributed by atoms with Gasteiger partial charge in [0.05, 0.1) is 19.9 Å². The first-order valence-corrected chi connectivity index (χ1v) is 8.64. The van der Waals surface area contributed by atoms with Crippen molar-refractivity contribution >= 4 is 18.0 Å². The number of amides is 2. The molecule has 0 bridgehead atoms. The molecular weight excluding hydrogens is 342 g/mol. The predicted octanol–water partition coefficient (Wildman–Crippen LogP) is 2.87. The minimum Gasteiger partial charge on any atom is -0.497 e. The number of rotatable bonds is 6. The van der Waals surface area contributed by atoms with Crippen LogP contribution in [-0.2, 0) is 10.2 Å². The molecule has 142 valence electrons. The molecule has 27 heavy (non-hydrogen) atoms. The van der Waals surface area contributed by atoms with Gasteiger partial charge in [0.25, 0.3) is 11.8 Å². The van der Waals surface area contributed by atoms with E-state index in [2.05, 4.69) is 36.6 Å². The molecule has 0 heterocycles. The maximum atomic E-state index is 12.1. The first kappa shape index (κ1) is 20.2. The van der Waals surface area contributed by atoms with Crippen LogP contribution in [0.4, 0.5) is 0 Å². The zero-order chi connectivity index (χ0) is 19.9. The maximum absolute atomic E-state index is 12.1. The second-order valence-corrected chi connectivity index (χ2v) is 7.08. The van der Waals surface area contributed by atoms with Crippen LogP contribution in [0.1, 0.15) is 42.3 Å². The largest absolute Gasteiger partial charge is 0.497 e. The van der Waals surface area contributed by atoms with Crippen molar-refractivity contribution in [2.45, 2.75) is 26.2 Å². The van der Waals surface area contributed by atoms with Gasteiger partial charge in [0, 0.05) is 5.56 Å². The third kappa shape index (κ3) is 6.26. The Hall–Kier alpha value is -3.15. The van der Waals surface area contributed by atoms with Crippen LogP contribution in [-0.4, -0.2) is 31.7 Å². The Kier molecular flexibility index (Phi) is 6.71. The van der Waals surface area contributed by atoms with Gasteiger partial charge >= 0.3 is 0 Å². The number of carbonyl (C=O) groups is 2. The predicted molar refractivity (Wildman–Crippen MR) is 106 cm³/mol. The maximum Gasteiger partial charge on any atom is 0.259 e. The number of nitrogens with one attached hydrogen (secondary N) is 2. The lowest BCUT2D eigenvalue weighted by Crippen LogP contribution is -2.34. The summed E-state index contributed by atoms with van der Waals surface area (Å²) in [5, 5.41) is 6.45. The van der Waals surface area contributed by atoms with Crippen molar-refractivity contribution in [3.63, 3.8) is 0 Å². The average Bonchev–Trinajstić information content (AvgIpc) is 2.65. The van der Waals surface area contributed by atoms with Gasteiger partial charge in [-0.25, -0.2) is 5.43 Å². The lowest BCUT2D eigenvalue weighted by Gasteiger charge is -2.19. The molecule has 0 unspecified atom stereocenters. The second-order valence-electron chi connectivity index (χ2n) is 7.08. The van der Waals surface area contributed by atoms with E-state index in [0.29, 0.717) is 11.3 Å². The average molecular weight is 367 g/mol. The van der Waals surface area contributed by atoms with Crippen LogP contribution in [0, 0.1) is 0 Å². The molecule has 2 aromatic rings. The monoisotopic (exact) mass is 367 g/mol. The van der Waals surface area contributed by atoms with Gasteiger partial charge in [0.1, 0.15) is 5.75 Å². The van der Waals surface area contributed by atoms with Crippen LogP contribution in [0.5, 0.6) is 5.75 Å². The van der Waals surface area contributed by atoms with E-state index in [-0.39, 0.29) is 17.9 Å². The summed E-state index contributed by atoms with van der Waals surface area (Å²) in [6.07, 6.45) is 1.51. The summed E-state index contributed by atoms with van der Waals surface area (Å²) in [7, 11) is 1.58. The Balaban J connectivity index is 1.82. The van der Waals surface area contributed by atoms with Crippen LogP contribution >= 0.6 is 0 Å². The fraction of sp³-hybridized carbons (Fsp3) is 0.286. The van der Waals surface area contributed by atoms with E-state index in [9.17, 15) is 9.59 Å². The molecule has 2 amide bonds. The van der Waals surface area contributed by atoms with E-state index in [1.54, 1.807) is 25.3 Å². The second kappa shape index (κ2) is 8.98. The van der Waals surface area contributed by atoms with E-state index in [0.717, 1.165) is 11.1 Å². The van der Waals surface area contributed by atoms with Gasteiger partial charge in [-0.2, -0.15) is 5.10 Å².